The van der Waals surface area contributed by atoms with Gasteiger partial charge in [0.2, 0.25) is 0 Å². The van der Waals surface area contributed by atoms with Crippen molar-refractivity contribution in [2.45, 2.75) is 69.2 Å². The first-order chi connectivity index (χ1) is 15.6. The van der Waals surface area contributed by atoms with Crippen LogP contribution in [0.5, 0.6) is 0 Å². The Morgan fingerprint density at radius 2 is 0.417 bits per heavy atom. The molecular weight excluding hydrogens is 641 g/mol. The van der Waals surface area contributed by atoms with E-state index in [9.17, 15) is 49.5 Å². The molecule has 11 heteroatoms. The molecule has 0 spiro atoms. The van der Waals surface area contributed by atoms with E-state index >= 15 is 0 Å². The quantitative estimate of drug-likeness (QED) is 0.262. The van der Waals surface area contributed by atoms with Crippen LogP contribution in [-0.4, -0.2) is 28.9 Å². The van der Waals surface area contributed by atoms with Gasteiger partial charge in [-0.25, -0.2) is 0 Å². The maximum Gasteiger partial charge on any atom is 5.00 e. The Kier molecular flexibility index (Phi) is 38.2. The third-order valence-electron chi connectivity index (χ3n) is 2.03. The van der Waals surface area contributed by atoms with E-state index in [1.165, 1.54) is 69.2 Å². The monoisotopic (exact) mass is 676 g/mol. The summed E-state index contributed by atoms with van der Waals surface area (Å²) in [6, 6.07) is 0. The van der Waals surface area contributed by atoms with Gasteiger partial charge in [0.05, 0.1) is 0 Å². The Bertz CT molecular complexity index is 662. The molecule has 0 atom stereocenters. The van der Waals surface area contributed by atoms with E-state index in [0.717, 1.165) is 30.4 Å². The Hall–Kier alpha value is -3.21. The number of hydrogen-bond donors (Lipinski definition) is 0. The van der Waals surface area contributed by atoms with Crippen molar-refractivity contribution in [3.05, 3.63) is 59.2 Å². The summed E-state index contributed by atoms with van der Waals surface area (Å²) < 4.78 is 0. The molecule has 0 aliphatic carbocycles. The molecule has 0 fully saturated rings. The molecule has 10 nitrogen and oxygen atoms in total. The first-order valence-corrected chi connectivity index (χ1v) is 9.93. The van der Waals surface area contributed by atoms with Crippen molar-refractivity contribution in [1.82, 2.24) is 0 Å². The number of allylic oxidation sites excluding steroid dienone is 10. The second-order valence-corrected chi connectivity index (χ2v) is 6.83. The van der Waals surface area contributed by atoms with E-state index in [1.807, 2.05) is 0 Å². The molecule has 0 aliphatic rings. The van der Waals surface area contributed by atoms with Crippen LogP contribution in [0.15, 0.2) is 59.2 Å². The van der Waals surface area contributed by atoms with E-state index in [-0.39, 0.29) is 80.1 Å². The number of hydrogen-bond acceptors (Lipinski definition) is 10. The normalized spacial score (nSPS) is 11.1. The summed E-state index contributed by atoms with van der Waals surface area (Å²) in [6.45, 7) is 13.5. The topological polar surface area (TPSA) is 201 Å². The van der Waals surface area contributed by atoms with Crippen LogP contribution < -0.4 is 25.5 Å². The maximum absolute atomic E-state index is 9.98. The standard InChI is InChI=1S/5C5H8O2.Ta/c5*1-4(6)3-5(2)7;/h5*3,6H,1-2H3;/q;;;;;+5/p-5/b5*4-3-;. The molecule has 0 aromatic heterocycles. The van der Waals surface area contributed by atoms with Gasteiger partial charge in [0, 0.05) is 0 Å². The molecule has 36 heavy (non-hydrogen) atoms. The van der Waals surface area contributed by atoms with Crippen molar-refractivity contribution in [2.24, 2.45) is 0 Å². The molecule has 0 heterocycles. The third kappa shape index (κ3) is 96.9. The van der Waals surface area contributed by atoms with Crippen LogP contribution in [-0.2, 0) is 46.4 Å². The predicted molar refractivity (Wildman–Crippen MR) is 122 cm³/mol. The molecule has 0 saturated heterocycles. The zero-order valence-corrected chi connectivity index (χ0v) is 25.6. The van der Waals surface area contributed by atoms with Crippen molar-refractivity contribution in [3.8, 4) is 0 Å². The second kappa shape index (κ2) is 29.8. The van der Waals surface area contributed by atoms with Crippen LogP contribution in [0.3, 0.4) is 0 Å². The predicted octanol–water partition coefficient (Wildman–Crippen LogP) is -0.805. The molecule has 0 aromatic rings. The molecule has 0 bridgehead atoms. The zero-order chi connectivity index (χ0) is 29.3. The molecule has 0 aliphatic heterocycles. The first kappa shape index (κ1) is 46.2. The van der Waals surface area contributed by atoms with Crippen molar-refractivity contribution in [2.75, 3.05) is 0 Å². The average molecular weight is 676 g/mol. The largest absolute Gasteiger partial charge is 5.00 e. The summed E-state index contributed by atoms with van der Waals surface area (Å²) in [6.07, 6.45) is 5.28. The van der Waals surface area contributed by atoms with Crippen LogP contribution in [0.2, 0.25) is 0 Å². The van der Waals surface area contributed by atoms with Crippen molar-refractivity contribution < 1.29 is 71.9 Å². The first-order valence-electron chi connectivity index (χ1n) is 9.93. The fraction of sp³-hybridized carbons (Fsp3) is 0.400. The Morgan fingerprint density at radius 1 is 0.333 bits per heavy atom. The summed E-state index contributed by atoms with van der Waals surface area (Å²) in [5.41, 5.74) is 0. The van der Waals surface area contributed by atoms with Crippen molar-refractivity contribution in [1.29, 1.82) is 0 Å². The van der Waals surface area contributed by atoms with E-state index in [1.54, 1.807) is 0 Å². The summed E-state index contributed by atoms with van der Waals surface area (Å²) in [5.74, 6) is -1.87. The van der Waals surface area contributed by atoms with E-state index in [4.69, 9.17) is 0 Å². The minimum Gasteiger partial charge on any atom is -0.876 e. The summed E-state index contributed by atoms with van der Waals surface area (Å²) in [7, 11) is 0. The van der Waals surface area contributed by atoms with E-state index in [0.29, 0.717) is 0 Å². The smallest absolute Gasteiger partial charge is 0.876 e. The summed E-state index contributed by atoms with van der Waals surface area (Å²) in [5, 5.41) is 49.9. The van der Waals surface area contributed by atoms with Gasteiger partial charge in [-0.05, 0) is 65.0 Å². The third-order valence-corrected chi connectivity index (χ3v) is 2.03. The number of ketones is 5. The molecule has 200 valence electrons. The van der Waals surface area contributed by atoms with Gasteiger partial charge in [-0.15, -0.1) is 28.8 Å². The van der Waals surface area contributed by atoms with Gasteiger partial charge in [0.15, 0.2) is 28.9 Å². The van der Waals surface area contributed by atoms with Crippen molar-refractivity contribution >= 4 is 28.9 Å². The van der Waals surface area contributed by atoms with Crippen LogP contribution in [0, 0.1) is 0 Å². The Morgan fingerprint density at radius 3 is 0.417 bits per heavy atom. The van der Waals surface area contributed by atoms with Gasteiger partial charge < -0.3 is 25.5 Å². The molecule has 0 saturated carbocycles. The minimum absolute atomic E-state index is 0. The molecule has 0 rings (SSSR count). The molecule has 0 N–H and O–H groups in total. The van der Waals surface area contributed by atoms with Gasteiger partial charge in [-0.2, -0.15) is 0 Å². The second-order valence-electron chi connectivity index (χ2n) is 6.83. The number of rotatable bonds is 5. The number of carbonyl (C=O) groups excluding carboxylic acids is 5. The fourth-order valence-electron chi connectivity index (χ4n) is 1.43. The summed E-state index contributed by atoms with van der Waals surface area (Å²) in [4.78, 5) is 49.9. The van der Waals surface area contributed by atoms with Gasteiger partial charge in [-0.3, -0.25) is 24.0 Å². The van der Waals surface area contributed by atoms with E-state index < -0.39 is 0 Å². The van der Waals surface area contributed by atoms with Crippen molar-refractivity contribution in [3.63, 3.8) is 0 Å². The fourth-order valence-corrected chi connectivity index (χ4v) is 1.43. The number of carbonyl (C=O) groups is 5. The van der Waals surface area contributed by atoms with Gasteiger partial charge in [0.1, 0.15) is 0 Å². The SMILES string of the molecule is CC(=O)/C=C(/C)[O-].CC(=O)/C=C(/C)[O-].CC(=O)/C=C(/C)[O-].CC(=O)/C=C(/C)[O-].CC(=O)/C=C(/C)[O-].[Ta+5]. The van der Waals surface area contributed by atoms with Crippen LogP contribution in [0.4, 0.5) is 0 Å². The zero-order valence-electron chi connectivity index (χ0n) is 22.4. The molecular formula is C25H35O10Ta. The van der Waals surface area contributed by atoms with Crippen LogP contribution in [0.25, 0.3) is 0 Å². The van der Waals surface area contributed by atoms with Crippen LogP contribution >= 0.6 is 0 Å². The Labute approximate surface area is 228 Å². The van der Waals surface area contributed by atoms with E-state index in [2.05, 4.69) is 0 Å². The molecule has 0 amide bonds. The average Bonchev–Trinajstić information content (AvgIpc) is 2.49. The maximum atomic E-state index is 9.98. The van der Waals surface area contributed by atoms with Crippen LogP contribution in [0.1, 0.15) is 69.2 Å². The van der Waals surface area contributed by atoms with Gasteiger partial charge in [0.25, 0.3) is 0 Å². The minimum atomic E-state index is -0.187. The van der Waals surface area contributed by atoms with Gasteiger partial charge in [-0.1, -0.05) is 34.6 Å². The van der Waals surface area contributed by atoms with Gasteiger partial charge >= 0.3 is 22.4 Å². The Balaban J connectivity index is -0.0000000776. The molecule has 0 aromatic carbocycles. The summed E-state index contributed by atoms with van der Waals surface area (Å²) >= 11 is 0. The molecule has 0 radical (unpaired) electrons. The molecule has 0 unspecified atom stereocenters.